The molecule has 0 atom stereocenters. The molecule has 0 aliphatic heterocycles. The van der Waals surface area contributed by atoms with E-state index in [9.17, 15) is 0 Å². The smallest absolute Gasteiger partial charge is 0.223 e. The van der Waals surface area contributed by atoms with Gasteiger partial charge in [0.15, 0.2) is 5.89 Å². The van der Waals surface area contributed by atoms with Gasteiger partial charge in [0.1, 0.15) is 11.8 Å². The standard InChI is InChI=1S/C12H11BrN4OS/c1-2-10-16-7(5-18-10)3-14-12-15-4-9-11(17-12)8(13)6-19-9/h4-6H,2-3H2,1H3,(H,14,15,17). The summed E-state index contributed by atoms with van der Waals surface area (Å²) >= 11 is 5.09. The van der Waals surface area contributed by atoms with E-state index in [2.05, 4.69) is 36.2 Å². The second kappa shape index (κ2) is 5.26. The molecule has 0 aliphatic rings. The van der Waals surface area contributed by atoms with Gasteiger partial charge >= 0.3 is 0 Å². The molecule has 7 heteroatoms. The van der Waals surface area contributed by atoms with Crippen molar-refractivity contribution in [3.05, 3.63) is 33.9 Å². The maximum atomic E-state index is 5.28. The van der Waals surface area contributed by atoms with E-state index in [0.29, 0.717) is 12.5 Å². The molecular formula is C12H11BrN4OS. The van der Waals surface area contributed by atoms with Gasteiger partial charge < -0.3 is 9.73 Å². The zero-order chi connectivity index (χ0) is 13.2. The van der Waals surface area contributed by atoms with Gasteiger partial charge in [-0.1, -0.05) is 6.92 Å². The monoisotopic (exact) mass is 338 g/mol. The molecule has 0 bridgehead atoms. The highest BCUT2D eigenvalue weighted by Crippen LogP contribution is 2.28. The van der Waals surface area contributed by atoms with Crippen molar-refractivity contribution in [2.24, 2.45) is 0 Å². The number of thiophene rings is 1. The summed E-state index contributed by atoms with van der Waals surface area (Å²) in [5, 5.41) is 5.15. The Labute approximate surface area is 122 Å². The average molecular weight is 339 g/mol. The fraction of sp³-hybridized carbons (Fsp3) is 0.250. The lowest BCUT2D eigenvalue weighted by molar-refractivity contribution is 0.501. The van der Waals surface area contributed by atoms with Crippen LogP contribution >= 0.6 is 27.3 Å². The molecule has 0 aromatic carbocycles. The van der Waals surface area contributed by atoms with E-state index in [1.54, 1.807) is 17.6 Å². The number of hydrogen-bond donors (Lipinski definition) is 1. The average Bonchev–Trinajstić information content (AvgIpc) is 3.04. The summed E-state index contributed by atoms with van der Waals surface area (Å²) in [4.78, 5) is 13.1. The molecule has 0 radical (unpaired) electrons. The summed E-state index contributed by atoms with van der Waals surface area (Å²) < 4.78 is 7.34. The number of hydrogen-bond acceptors (Lipinski definition) is 6. The van der Waals surface area contributed by atoms with Gasteiger partial charge in [-0.3, -0.25) is 0 Å². The Balaban J connectivity index is 1.75. The van der Waals surface area contributed by atoms with Crippen molar-refractivity contribution >= 4 is 43.4 Å². The summed E-state index contributed by atoms with van der Waals surface area (Å²) in [6.45, 7) is 2.56. The minimum Gasteiger partial charge on any atom is -0.449 e. The molecule has 0 spiro atoms. The van der Waals surface area contributed by atoms with Crippen LogP contribution in [0.5, 0.6) is 0 Å². The van der Waals surface area contributed by atoms with Crippen molar-refractivity contribution in [1.29, 1.82) is 0 Å². The van der Waals surface area contributed by atoms with Crippen molar-refractivity contribution < 1.29 is 4.42 Å². The summed E-state index contributed by atoms with van der Waals surface area (Å²) in [6, 6.07) is 0. The number of aryl methyl sites for hydroxylation is 1. The quantitative estimate of drug-likeness (QED) is 0.787. The first-order valence-corrected chi connectivity index (χ1v) is 7.50. The second-order valence-electron chi connectivity index (χ2n) is 3.93. The SMILES string of the molecule is CCc1nc(CNc2ncc3scc(Br)c3n2)co1. The minimum absolute atomic E-state index is 0.552. The Morgan fingerprint density at radius 1 is 1.42 bits per heavy atom. The first kappa shape index (κ1) is 12.6. The highest BCUT2D eigenvalue weighted by atomic mass is 79.9. The molecule has 0 saturated carbocycles. The van der Waals surface area contributed by atoms with Gasteiger partial charge in [-0.2, -0.15) is 0 Å². The molecular weight excluding hydrogens is 328 g/mol. The molecule has 98 valence electrons. The van der Waals surface area contributed by atoms with E-state index in [1.165, 1.54) is 0 Å². The van der Waals surface area contributed by atoms with E-state index >= 15 is 0 Å². The summed E-state index contributed by atoms with van der Waals surface area (Å²) in [5.41, 5.74) is 1.78. The lowest BCUT2D eigenvalue weighted by atomic mass is 10.4. The Bertz CT molecular complexity index is 709. The predicted molar refractivity (Wildman–Crippen MR) is 78.3 cm³/mol. The molecule has 0 saturated heterocycles. The van der Waals surface area contributed by atoms with E-state index < -0.39 is 0 Å². The third-order valence-electron chi connectivity index (χ3n) is 2.60. The largest absolute Gasteiger partial charge is 0.449 e. The Kier molecular flexibility index (Phi) is 3.48. The third-order valence-corrected chi connectivity index (χ3v) is 4.41. The normalized spacial score (nSPS) is 11.1. The number of rotatable bonds is 4. The van der Waals surface area contributed by atoms with Gasteiger partial charge in [0.25, 0.3) is 0 Å². The van der Waals surface area contributed by atoms with Crippen molar-refractivity contribution in [2.75, 3.05) is 5.32 Å². The summed E-state index contributed by atoms with van der Waals surface area (Å²) in [5.74, 6) is 1.33. The molecule has 5 nitrogen and oxygen atoms in total. The van der Waals surface area contributed by atoms with E-state index in [-0.39, 0.29) is 0 Å². The predicted octanol–water partition coefficient (Wildman–Crippen LogP) is 3.62. The number of aromatic nitrogens is 3. The second-order valence-corrected chi connectivity index (χ2v) is 5.70. The number of nitrogens with zero attached hydrogens (tertiary/aromatic N) is 3. The van der Waals surface area contributed by atoms with Crippen LogP contribution in [-0.4, -0.2) is 15.0 Å². The lowest BCUT2D eigenvalue weighted by Crippen LogP contribution is -2.03. The first-order chi connectivity index (χ1) is 9.26. The lowest BCUT2D eigenvalue weighted by Gasteiger charge is -2.01. The van der Waals surface area contributed by atoms with Gasteiger partial charge in [0.2, 0.25) is 5.95 Å². The van der Waals surface area contributed by atoms with Crippen LogP contribution in [0.15, 0.2) is 26.7 Å². The van der Waals surface area contributed by atoms with Crippen molar-refractivity contribution in [3.63, 3.8) is 0 Å². The maximum absolute atomic E-state index is 5.28. The summed E-state index contributed by atoms with van der Waals surface area (Å²) in [6.07, 6.45) is 4.27. The van der Waals surface area contributed by atoms with E-state index in [1.807, 2.05) is 18.5 Å². The van der Waals surface area contributed by atoms with Gasteiger partial charge in [0.05, 0.1) is 27.6 Å². The van der Waals surface area contributed by atoms with Crippen LogP contribution in [0, 0.1) is 0 Å². The van der Waals surface area contributed by atoms with Gasteiger partial charge in [-0.25, -0.2) is 15.0 Å². The molecule has 3 rings (SSSR count). The minimum atomic E-state index is 0.552. The fourth-order valence-corrected chi connectivity index (χ4v) is 3.08. The first-order valence-electron chi connectivity index (χ1n) is 5.83. The third kappa shape index (κ3) is 2.62. The molecule has 0 fully saturated rings. The topological polar surface area (TPSA) is 63.8 Å². The van der Waals surface area contributed by atoms with Gasteiger partial charge in [-0.05, 0) is 15.9 Å². The van der Waals surface area contributed by atoms with Crippen LogP contribution in [0.3, 0.4) is 0 Å². The van der Waals surface area contributed by atoms with Crippen LogP contribution in [0.2, 0.25) is 0 Å². The van der Waals surface area contributed by atoms with Crippen molar-refractivity contribution in [2.45, 2.75) is 19.9 Å². The molecule has 0 unspecified atom stereocenters. The van der Waals surface area contributed by atoms with Crippen LogP contribution in [0.25, 0.3) is 10.2 Å². The molecule has 0 aliphatic carbocycles. The molecule has 0 amide bonds. The van der Waals surface area contributed by atoms with Crippen LogP contribution in [0.1, 0.15) is 18.5 Å². The number of oxazole rings is 1. The number of fused-ring (bicyclic) bond motifs is 1. The van der Waals surface area contributed by atoms with Crippen LogP contribution in [-0.2, 0) is 13.0 Å². The van der Waals surface area contributed by atoms with Gasteiger partial charge in [0, 0.05) is 11.8 Å². The Hall–Kier alpha value is -1.47. The fourth-order valence-electron chi connectivity index (χ4n) is 1.65. The Morgan fingerprint density at radius 2 is 2.32 bits per heavy atom. The number of halogens is 1. The van der Waals surface area contributed by atoms with Crippen LogP contribution < -0.4 is 5.32 Å². The molecule has 3 aromatic rings. The number of anilines is 1. The Morgan fingerprint density at radius 3 is 3.11 bits per heavy atom. The molecule has 3 aromatic heterocycles. The van der Waals surface area contributed by atoms with E-state index in [0.717, 1.165) is 32.7 Å². The van der Waals surface area contributed by atoms with E-state index in [4.69, 9.17) is 4.42 Å². The highest BCUT2D eigenvalue weighted by Gasteiger charge is 2.06. The van der Waals surface area contributed by atoms with Gasteiger partial charge in [-0.15, -0.1) is 11.3 Å². The maximum Gasteiger partial charge on any atom is 0.223 e. The van der Waals surface area contributed by atoms with Crippen LogP contribution in [0.4, 0.5) is 5.95 Å². The highest BCUT2D eigenvalue weighted by molar-refractivity contribution is 9.10. The zero-order valence-electron chi connectivity index (χ0n) is 10.2. The summed E-state index contributed by atoms with van der Waals surface area (Å²) in [7, 11) is 0. The molecule has 3 heterocycles. The zero-order valence-corrected chi connectivity index (χ0v) is 12.6. The van der Waals surface area contributed by atoms with Crippen molar-refractivity contribution in [1.82, 2.24) is 15.0 Å². The number of nitrogens with one attached hydrogen (secondary N) is 1. The molecule has 19 heavy (non-hydrogen) atoms. The van der Waals surface area contributed by atoms with Crippen molar-refractivity contribution in [3.8, 4) is 0 Å². The molecule has 1 N–H and O–H groups in total.